The number of nitrogens with two attached hydrogens (primary N) is 1. The third kappa shape index (κ3) is 2.29. The number of nitrogens with one attached hydrogen (secondary N) is 1. The van der Waals surface area contributed by atoms with Crippen LogP contribution in [0.4, 0.5) is 11.9 Å². The lowest BCUT2D eigenvalue weighted by Crippen LogP contribution is -2.24. The van der Waals surface area contributed by atoms with Crippen molar-refractivity contribution in [1.29, 1.82) is 0 Å². The Morgan fingerprint density at radius 2 is 1.85 bits per heavy atom. The molecule has 8 heteroatoms. The summed E-state index contributed by atoms with van der Waals surface area (Å²) in [5.74, 6) is 8.12. The van der Waals surface area contributed by atoms with E-state index < -0.39 is 0 Å². The molecule has 0 aromatic carbocycles. The minimum absolute atomic E-state index is 0.340. The molecule has 2 atom stereocenters. The van der Waals surface area contributed by atoms with Gasteiger partial charge in [0, 0.05) is 25.5 Å². The summed E-state index contributed by atoms with van der Waals surface area (Å²) in [6.07, 6.45) is 3.47. The average molecular weight is 274 g/mol. The summed E-state index contributed by atoms with van der Waals surface area (Å²) in [4.78, 5) is 15.2. The van der Waals surface area contributed by atoms with Crippen LogP contribution in [0.2, 0.25) is 0 Å². The van der Waals surface area contributed by atoms with Crippen LogP contribution in [0.25, 0.3) is 5.95 Å². The number of aromatic nitrogens is 5. The number of nitrogen functional groups attached to an aromatic ring is 1. The van der Waals surface area contributed by atoms with Crippen molar-refractivity contribution in [1.82, 2.24) is 24.7 Å². The second kappa shape index (κ2) is 5.04. The van der Waals surface area contributed by atoms with E-state index in [-0.39, 0.29) is 0 Å². The maximum absolute atomic E-state index is 5.44. The number of anilines is 2. The van der Waals surface area contributed by atoms with E-state index >= 15 is 0 Å². The Labute approximate surface area is 117 Å². The summed E-state index contributed by atoms with van der Waals surface area (Å²) in [5, 5.41) is 4.14. The van der Waals surface area contributed by atoms with E-state index in [9.17, 15) is 0 Å². The molecule has 3 rings (SSSR count). The molecule has 3 heterocycles. The summed E-state index contributed by atoms with van der Waals surface area (Å²) in [7, 11) is 0. The summed E-state index contributed by atoms with van der Waals surface area (Å²) in [6, 6.07) is 1.82. The van der Waals surface area contributed by atoms with Crippen molar-refractivity contribution in [3.63, 3.8) is 0 Å². The van der Waals surface area contributed by atoms with Gasteiger partial charge < -0.3 is 4.90 Å². The summed E-state index contributed by atoms with van der Waals surface area (Å²) >= 11 is 0. The quantitative estimate of drug-likeness (QED) is 0.619. The molecule has 2 aromatic heterocycles. The van der Waals surface area contributed by atoms with Gasteiger partial charge in [-0.15, -0.1) is 0 Å². The van der Waals surface area contributed by atoms with Gasteiger partial charge in [-0.3, -0.25) is 5.43 Å². The zero-order valence-corrected chi connectivity index (χ0v) is 11.6. The lowest BCUT2D eigenvalue weighted by molar-refractivity contribution is 0.494. The molecule has 0 radical (unpaired) electrons. The molecule has 2 aromatic rings. The molecule has 1 aliphatic heterocycles. The number of rotatable bonds is 3. The Bertz CT molecular complexity index is 571. The molecule has 1 saturated heterocycles. The van der Waals surface area contributed by atoms with Gasteiger partial charge in [-0.25, -0.2) is 10.5 Å². The van der Waals surface area contributed by atoms with Crippen LogP contribution in [0.15, 0.2) is 18.5 Å². The minimum Gasteiger partial charge on any atom is -0.340 e. The van der Waals surface area contributed by atoms with Gasteiger partial charge in [0.05, 0.1) is 0 Å². The summed E-state index contributed by atoms with van der Waals surface area (Å²) in [5.41, 5.74) is 2.49. The largest absolute Gasteiger partial charge is 0.340 e. The smallest absolute Gasteiger partial charge is 0.257 e. The first-order valence-electron chi connectivity index (χ1n) is 6.65. The lowest BCUT2D eigenvalue weighted by atomic mass is 10.0. The molecule has 20 heavy (non-hydrogen) atoms. The Morgan fingerprint density at radius 3 is 2.45 bits per heavy atom. The van der Waals surface area contributed by atoms with E-state index in [4.69, 9.17) is 5.84 Å². The van der Waals surface area contributed by atoms with Gasteiger partial charge in [0.15, 0.2) is 0 Å². The highest BCUT2D eigenvalue weighted by molar-refractivity contribution is 5.40. The van der Waals surface area contributed by atoms with Crippen molar-refractivity contribution >= 4 is 11.9 Å². The summed E-state index contributed by atoms with van der Waals surface area (Å²) < 4.78 is 1.59. The van der Waals surface area contributed by atoms with Crippen LogP contribution in [0.3, 0.4) is 0 Å². The molecule has 2 unspecified atom stereocenters. The van der Waals surface area contributed by atoms with Gasteiger partial charge >= 0.3 is 0 Å². The highest BCUT2D eigenvalue weighted by atomic mass is 15.4. The third-order valence-corrected chi connectivity index (χ3v) is 3.72. The van der Waals surface area contributed by atoms with Gasteiger partial charge in [-0.05, 0) is 17.9 Å². The van der Waals surface area contributed by atoms with Crippen molar-refractivity contribution < 1.29 is 0 Å². The van der Waals surface area contributed by atoms with E-state index in [0.29, 0.717) is 29.7 Å². The Hall–Kier alpha value is -2.22. The van der Waals surface area contributed by atoms with Crippen molar-refractivity contribution in [3.8, 4) is 5.95 Å². The first-order valence-corrected chi connectivity index (χ1v) is 6.65. The molecule has 1 fully saturated rings. The van der Waals surface area contributed by atoms with Crippen LogP contribution in [0, 0.1) is 11.8 Å². The summed E-state index contributed by atoms with van der Waals surface area (Å²) in [6.45, 7) is 6.35. The Kier molecular flexibility index (Phi) is 3.23. The normalized spacial score (nSPS) is 22.2. The van der Waals surface area contributed by atoms with Gasteiger partial charge in [-0.1, -0.05) is 13.8 Å². The van der Waals surface area contributed by atoms with E-state index in [0.717, 1.165) is 13.1 Å². The molecule has 106 valence electrons. The molecule has 0 spiro atoms. The molecule has 3 N–H and O–H groups in total. The van der Waals surface area contributed by atoms with E-state index in [2.05, 4.69) is 44.2 Å². The Morgan fingerprint density at radius 1 is 1.15 bits per heavy atom. The zero-order valence-electron chi connectivity index (χ0n) is 11.6. The van der Waals surface area contributed by atoms with Gasteiger partial charge in [-0.2, -0.15) is 20.1 Å². The first-order chi connectivity index (χ1) is 9.67. The Balaban J connectivity index is 1.97. The fourth-order valence-electron chi connectivity index (χ4n) is 2.34. The van der Waals surface area contributed by atoms with Crippen LogP contribution in [-0.2, 0) is 0 Å². The van der Waals surface area contributed by atoms with Crippen molar-refractivity contribution in [3.05, 3.63) is 18.5 Å². The topological polar surface area (TPSA) is 97.8 Å². The standard InChI is InChI=1S/C12H18N8/c1-8-6-19(7-9(8)2)11-15-10(18-13)16-12(17-11)20-5-3-4-14-20/h3-5,8-9H,6-7,13H2,1-2H3,(H,15,16,17,18). The third-order valence-electron chi connectivity index (χ3n) is 3.72. The highest BCUT2D eigenvalue weighted by Gasteiger charge is 2.28. The molecule has 8 nitrogen and oxygen atoms in total. The van der Waals surface area contributed by atoms with Gasteiger partial charge in [0.1, 0.15) is 0 Å². The maximum Gasteiger partial charge on any atom is 0.257 e. The van der Waals surface area contributed by atoms with Crippen LogP contribution in [0.1, 0.15) is 13.8 Å². The molecule has 0 bridgehead atoms. The van der Waals surface area contributed by atoms with E-state index in [1.807, 2.05) is 6.07 Å². The monoisotopic (exact) mass is 274 g/mol. The second-order valence-electron chi connectivity index (χ2n) is 5.21. The lowest BCUT2D eigenvalue weighted by Gasteiger charge is -2.17. The maximum atomic E-state index is 5.44. The predicted octanol–water partition coefficient (Wildman–Crippen LogP) is 0.435. The number of nitrogens with zero attached hydrogens (tertiary/aromatic N) is 6. The molecule has 0 amide bonds. The predicted molar refractivity (Wildman–Crippen MR) is 75.3 cm³/mol. The van der Waals surface area contributed by atoms with E-state index in [1.54, 1.807) is 17.1 Å². The fourth-order valence-corrected chi connectivity index (χ4v) is 2.34. The van der Waals surface area contributed by atoms with Crippen LogP contribution in [0.5, 0.6) is 0 Å². The molecule has 1 aliphatic rings. The average Bonchev–Trinajstić information content (AvgIpc) is 3.09. The van der Waals surface area contributed by atoms with Crippen molar-refractivity contribution in [2.75, 3.05) is 23.4 Å². The first kappa shape index (κ1) is 12.8. The van der Waals surface area contributed by atoms with E-state index in [1.165, 1.54) is 0 Å². The number of hydrogen-bond donors (Lipinski definition) is 2. The minimum atomic E-state index is 0.340. The van der Waals surface area contributed by atoms with Crippen molar-refractivity contribution in [2.24, 2.45) is 17.7 Å². The van der Waals surface area contributed by atoms with Crippen LogP contribution in [-0.4, -0.2) is 37.8 Å². The number of hydrogen-bond acceptors (Lipinski definition) is 7. The molecule has 0 saturated carbocycles. The zero-order chi connectivity index (χ0) is 14.1. The second-order valence-corrected chi connectivity index (χ2v) is 5.21. The highest BCUT2D eigenvalue weighted by Crippen LogP contribution is 2.26. The molecule has 0 aliphatic carbocycles. The number of hydrazine groups is 1. The SMILES string of the molecule is CC1CN(c2nc(NN)nc(-n3cccn3)n2)CC1C. The van der Waals surface area contributed by atoms with Crippen LogP contribution >= 0.6 is 0 Å². The van der Waals surface area contributed by atoms with Gasteiger partial charge in [0.25, 0.3) is 5.95 Å². The van der Waals surface area contributed by atoms with Gasteiger partial charge in [0.2, 0.25) is 11.9 Å². The van der Waals surface area contributed by atoms with Crippen LogP contribution < -0.4 is 16.2 Å². The van der Waals surface area contributed by atoms with Crippen molar-refractivity contribution in [2.45, 2.75) is 13.8 Å². The fraction of sp³-hybridized carbons (Fsp3) is 0.500. The molecular weight excluding hydrogens is 256 g/mol. The molecular formula is C12H18N8.